The summed E-state index contributed by atoms with van der Waals surface area (Å²) in [7, 11) is 0. The van der Waals surface area contributed by atoms with Crippen LogP contribution in [0.3, 0.4) is 0 Å². The van der Waals surface area contributed by atoms with E-state index in [0.717, 1.165) is 28.0 Å². The molecule has 0 radical (unpaired) electrons. The summed E-state index contributed by atoms with van der Waals surface area (Å²) in [5.41, 5.74) is 1.41. The van der Waals surface area contributed by atoms with Crippen LogP contribution in [0, 0.1) is 6.92 Å². The smallest absolute Gasteiger partial charge is 0.201 e. The third kappa shape index (κ3) is 4.45. The van der Waals surface area contributed by atoms with Crippen LogP contribution in [0.5, 0.6) is 17.2 Å². The number of hydrogen-bond donors (Lipinski definition) is 3. The molecule has 0 saturated carbocycles. The predicted molar refractivity (Wildman–Crippen MR) is 133 cm³/mol. The number of phenols is 3. The van der Waals surface area contributed by atoms with Crippen molar-refractivity contribution in [3.63, 3.8) is 0 Å². The minimum absolute atomic E-state index is 0.0388. The zero-order valence-electron chi connectivity index (χ0n) is 18.4. The lowest BCUT2D eigenvalue weighted by molar-refractivity contribution is 0.103. The maximum Gasteiger partial charge on any atom is 0.201 e. The van der Waals surface area contributed by atoms with Crippen LogP contribution in [0.1, 0.15) is 31.8 Å². The quantitative estimate of drug-likeness (QED) is 0.174. The highest BCUT2D eigenvalue weighted by atomic mass is 16.3. The first-order valence-electron chi connectivity index (χ1n) is 10.6. The molecule has 3 N–H and O–H groups in total. The van der Waals surface area contributed by atoms with Gasteiger partial charge in [-0.05, 0) is 52.2 Å². The van der Waals surface area contributed by atoms with Gasteiger partial charge in [-0.3, -0.25) is 9.59 Å². The van der Waals surface area contributed by atoms with E-state index >= 15 is 0 Å². The number of aryl methyl sites for hydroxylation is 1. The molecule has 34 heavy (non-hydrogen) atoms. The van der Waals surface area contributed by atoms with Crippen LogP contribution in [0.15, 0.2) is 91.0 Å². The second-order valence-corrected chi connectivity index (χ2v) is 7.90. The fourth-order valence-electron chi connectivity index (χ4n) is 3.72. The fourth-order valence-corrected chi connectivity index (χ4v) is 3.72. The molecule has 0 fully saturated rings. The molecule has 0 bridgehead atoms. The monoisotopic (exact) mass is 450 g/mol. The molecule has 5 nitrogen and oxygen atoms in total. The van der Waals surface area contributed by atoms with E-state index in [1.54, 1.807) is 19.1 Å². The Kier molecular flexibility index (Phi) is 6.28. The first-order chi connectivity index (χ1) is 16.4. The highest BCUT2D eigenvalue weighted by molar-refractivity contribution is 6.12. The summed E-state index contributed by atoms with van der Waals surface area (Å²) in [5.74, 6) is -2.13. The molecule has 0 aromatic heterocycles. The molecular formula is C29H22O5. The number of ketones is 1. The van der Waals surface area contributed by atoms with Crippen molar-refractivity contribution in [2.45, 2.75) is 6.92 Å². The van der Waals surface area contributed by atoms with E-state index in [-0.39, 0.29) is 5.56 Å². The lowest BCUT2D eigenvalue weighted by atomic mass is 9.97. The maximum absolute atomic E-state index is 12.6. The summed E-state index contributed by atoms with van der Waals surface area (Å²) < 4.78 is 0. The molecule has 5 aromatic rings. The maximum atomic E-state index is 12.6. The van der Waals surface area contributed by atoms with Crippen molar-refractivity contribution in [2.24, 2.45) is 0 Å². The summed E-state index contributed by atoms with van der Waals surface area (Å²) in [6, 6.07) is 27.9. The number of carbonyl (C=O) groups is 2. The zero-order chi connectivity index (χ0) is 24.2. The minimum Gasteiger partial charge on any atom is -0.504 e. The van der Waals surface area contributed by atoms with E-state index in [4.69, 9.17) is 0 Å². The molecule has 0 amide bonds. The van der Waals surface area contributed by atoms with Gasteiger partial charge in [0.15, 0.2) is 17.3 Å². The van der Waals surface area contributed by atoms with Gasteiger partial charge < -0.3 is 15.3 Å². The van der Waals surface area contributed by atoms with Crippen molar-refractivity contribution in [3.8, 4) is 17.2 Å². The van der Waals surface area contributed by atoms with Gasteiger partial charge in [0.25, 0.3) is 0 Å². The molecule has 5 heteroatoms. The van der Waals surface area contributed by atoms with Crippen molar-refractivity contribution in [1.29, 1.82) is 0 Å². The van der Waals surface area contributed by atoms with E-state index < -0.39 is 23.0 Å². The van der Waals surface area contributed by atoms with Gasteiger partial charge in [-0.1, -0.05) is 72.8 Å². The fraction of sp³-hybridized carbons (Fsp3) is 0.0345. The predicted octanol–water partition coefficient (Wildman–Crippen LogP) is 6.15. The lowest BCUT2D eigenvalue weighted by Crippen LogP contribution is -2.02. The Morgan fingerprint density at radius 1 is 0.647 bits per heavy atom. The minimum atomic E-state index is -0.677. The number of phenolic OH excluding ortho intramolecular Hbond substituents is 3. The van der Waals surface area contributed by atoms with Gasteiger partial charge in [0.1, 0.15) is 6.29 Å². The summed E-state index contributed by atoms with van der Waals surface area (Å²) >= 11 is 0. The molecule has 0 atom stereocenters. The van der Waals surface area contributed by atoms with Crippen LogP contribution >= 0.6 is 0 Å². The normalized spacial score (nSPS) is 10.5. The van der Waals surface area contributed by atoms with Crippen LogP contribution in [0.2, 0.25) is 0 Å². The van der Waals surface area contributed by atoms with Gasteiger partial charge in [0, 0.05) is 11.1 Å². The number of carbonyl (C=O) groups excluding carboxylic acids is 2. The largest absolute Gasteiger partial charge is 0.504 e. The van der Waals surface area contributed by atoms with Crippen LogP contribution < -0.4 is 0 Å². The molecule has 0 saturated heterocycles. The Labute approximate surface area is 196 Å². The van der Waals surface area contributed by atoms with Gasteiger partial charge in [-0.15, -0.1) is 0 Å². The molecular weight excluding hydrogens is 428 g/mol. The van der Waals surface area contributed by atoms with Crippen LogP contribution in [0.25, 0.3) is 21.5 Å². The summed E-state index contributed by atoms with van der Waals surface area (Å²) in [5, 5.41) is 33.4. The zero-order valence-corrected chi connectivity index (χ0v) is 18.4. The van der Waals surface area contributed by atoms with E-state index in [2.05, 4.69) is 0 Å². The van der Waals surface area contributed by atoms with E-state index in [1.807, 2.05) is 72.8 Å². The van der Waals surface area contributed by atoms with E-state index in [1.165, 1.54) is 11.5 Å². The number of hydrogen-bond acceptors (Lipinski definition) is 5. The molecule has 0 aliphatic rings. The topological polar surface area (TPSA) is 94.8 Å². The first-order valence-corrected chi connectivity index (χ1v) is 10.6. The average molecular weight is 450 g/mol. The molecule has 0 spiro atoms. The Bertz CT molecular complexity index is 1540. The van der Waals surface area contributed by atoms with Gasteiger partial charge in [0.2, 0.25) is 5.75 Å². The van der Waals surface area contributed by atoms with Crippen molar-refractivity contribution in [2.75, 3.05) is 0 Å². The SMILES string of the molecule is Cc1cc(C(=O)c2ccc3ccccc3c2)c(O)c(O)c1O.O=Cc1ccc2ccccc2c1. The molecule has 0 aliphatic carbocycles. The standard InChI is InChI=1S/C18H14O4.C11H8O/c1-10-8-14(17(21)18(22)15(10)19)16(20)13-7-6-11-4-2-3-5-12(11)9-13;12-8-9-5-6-10-3-1-2-4-11(10)7-9/h2-9,19,21-22H,1H3;1-8H. The first kappa shape index (κ1) is 22.6. The van der Waals surface area contributed by atoms with Gasteiger partial charge in [0.05, 0.1) is 5.56 Å². The highest BCUT2D eigenvalue weighted by Gasteiger charge is 2.20. The summed E-state index contributed by atoms with van der Waals surface area (Å²) in [6.45, 7) is 1.55. The van der Waals surface area contributed by atoms with Crippen LogP contribution in [-0.4, -0.2) is 27.4 Å². The summed E-state index contributed by atoms with van der Waals surface area (Å²) in [4.78, 5) is 23.0. The Balaban J connectivity index is 0.000000192. The highest BCUT2D eigenvalue weighted by Crippen LogP contribution is 2.40. The Morgan fingerprint density at radius 2 is 1.21 bits per heavy atom. The average Bonchev–Trinajstić information content (AvgIpc) is 2.89. The van der Waals surface area contributed by atoms with Crippen LogP contribution in [-0.2, 0) is 0 Å². The third-order valence-corrected chi connectivity index (χ3v) is 5.60. The van der Waals surface area contributed by atoms with Gasteiger partial charge >= 0.3 is 0 Å². The second-order valence-electron chi connectivity index (χ2n) is 7.90. The number of rotatable bonds is 3. The Hall–Kier alpha value is -4.64. The van der Waals surface area contributed by atoms with Crippen molar-refractivity contribution >= 4 is 33.6 Å². The lowest BCUT2D eigenvalue weighted by Gasteiger charge is -2.10. The van der Waals surface area contributed by atoms with Gasteiger partial charge in [-0.25, -0.2) is 0 Å². The van der Waals surface area contributed by atoms with Crippen molar-refractivity contribution < 1.29 is 24.9 Å². The number of fused-ring (bicyclic) bond motifs is 2. The van der Waals surface area contributed by atoms with Gasteiger partial charge in [-0.2, -0.15) is 0 Å². The van der Waals surface area contributed by atoms with Crippen LogP contribution in [0.4, 0.5) is 0 Å². The number of aldehydes is 1. The molecule has 0 aliphatic heterocycles. The molecule has 5 aromatic carbocycles. The van der Waals surface area contributed by atoms with E-state index in [9.17, 15) is 24.9 Å². The summed E-state index contributed by atoms with van der Waals surface area (Å²) in [6.07, 6.45) is 0.867. The molecule has 5 rings (SSSR count). The van der Waals surface area contributed by atoms with Crippen molar-refractivity contribution in [3.05, 3.63) is 113 Å². The van der Waals surface area contributed by atoms with Crippen molar-refractivity contribution in [1.82, 2.24) is 0 Å². The molecule has 0 heterocycles. The van der Waals surface area contributed by atoms with E-state index in [0.29, 0.717) is 11.1 Å². The molecule has 168 valence electrons. The third-order valence-electron chi connectivity index (χ3n) is 5.60. The Morgan fingerprint density at radius 3 is 1.82 bits per heavy atom. The molecule has 0 unspecified atom stereocenters. The number of benzene rings is 5. The second kappa shape index (κ2) is 9.46. The number of aromatic hydroxyl groups is 3.